The molecule has 0 bridgehead atoms. The van der Waals surface area contributed by atoms with E-state index >= 15 is 0 Å². The number of benzene rings is 1. The average molecular weight is 391 g/mol. The van der Waals surface area contributed by atoms with Gasteiger partial charge in [-0.25, -0.2) is 4.57 Å². The smallest absolute Gasteiger partial charge is 0.504 e. The van der Waals surface area contributed by atoms with Crippen molar-refractivity contribution in [2.45, 2.75) is 31.3 Å². The van der Waals surface area contributed by atoms with Gasteiger partial charge in [0.2, 0.25) is 5.91 Å². The molecule has 0 saturated carbocycles. The van der Waals surface area contributed by atoms with Crippen molar-refractivity contribution in [3.8, 4) is 11.5 Å². The van der Waals surface area contributed by atoms with Gasteiger partial charge in [0, 0.05) is 6.54 Å². The number of phenols is 1. The molecule has 0 radical (unpaired) electrons. The Morgan fingerprint density at radius 2 is 1.88 bits per heavy atom. The van der Waals surface area contributed by atoms with E-state index in [1.165, 1.54) is 12.1 Å². The van der Waals surface area contributed by atoms with Crippen LogP contribution in [0.15, 0.2) is 18.2 Å². The third-order valence-corrected chi connectivity index (χ3v) is 3.78. The summed E-state index contributed by atoms with van der Waals surface area (Å²) < 4.78 is 15.1. The number of phenolic OH excluding ortho intramolecular Hbond substituents is 1. The van der Waals surface area contributed by atoms with Crippen molar-refractivity contribution >= 4 is 19.7 Å². The highest BCUT2D eigenvalue weighted by molar-refractivity contribution is 7.46. The molecule has 0 heterocycles. The molecule has 9 N–H and O–H groups in total. The summed E-state index contributed by atoms with van der Waals surface area (Å²) in [4.78, 5) is 39.9. The van der Waals surface area contributed by atoms with Crippen molar-refractivity contribution < 1.29 is 38.7 Å². The second-order valence-electron chi connectivity index (χ2n) is 5.57. The first-order chi connectivity index (χ1) is 12.0. The summed E-state index contributed by atoms with van der Waals surface area (Å²) in [6.45, 7) is 0.216. The van der Waals surface area contributed by atoms with Crippen LogP contribution in [0.5, 0.6) is 11.5 Å². The maximum absolute atomic E-state index is 11.9. The van der Waals surface area contributed by atoms with Gasteiger partial charge in [0.15, 0.2) is 11.5 Å². The van der Waals surface area contributed by atoms with Crippen LogP contribution < -0.4 is 21.3 Å². The number of carbonyl (C=O) groups excluding carboxylic acids is 1. The number of carbonyl (C=O) groups is 2. The van der Waals surface area contributed by atoms with Crippen molar-refractivity contribution in [3.63, 3.8) is 0 Å². The summed E-state index contributed by atoms with van der Waals surface area (Å²) in [6, 6.07) is 1.82. The Labute approximate surface area is 149 Å². The lowest BCUT2D eigenvalue weighted by molar-refractivity contribution is -0.138. The second kappa shape index (κ2) is 9.51. The Balaban J connectivity index is 2.50. The number of aromatic hydroxyl groups is 1. The van der Waals surface area contributed by atoms with Crippen LogP contribution in [0.1, 0.15) is 18.4 Å². The number of nitrogens with two attached hydrogens (primary N) is 2. The van der Waals surface area contributed by atoms with Crippen molar-refractivity contribution in [2.24, 2.45) is 11.5 Å². The summed E-state index contributed by atoms with van der Waals surface area (Å²) in [6.07, 6.45) is 0.644. The van der Waals surface area contributed by atoms with Crippen molar-refractivity contribution in [3.05, 3.63) is 23.8 Å². The Morgan fingerprint density at radius 3 is 2.42 bits per heavy atom. The molecule has 0 aromatic heterocycles. The zero-order chi connectivity index (χ0) is 19.9. The molecule has 0 unspecified atom stereocenters. The molecular formula is C14H22N3O8P. The molecule has 0 spiro atoms. The molecule has 1 aromatic rings. The van der Waals surface area contributed by atoms with Crippen LogP contribution in [-0.2, 0) is 20.6 Å². The van der Waals surface area contributed by atoms with E-state index in [9.17, 15) is 19.3 Å². The van der Waals surface area contributed by atoms with Crippen LogP contribution in [0.4, 0.5) is 0 Å². The van der Waals surface area contributed by atoms with Gasteiger partial charge in [0.1, 0.15) is 6.04 Å². The number of phosphoric acid groups is 1. The van der Waals surface area contributed by atoms with Crippen LogP contribution in [0.3, 0.4) is 0 Å². The molecule has 12 heteroatoms. The van der Waals surface area contributed by atoms with Gasteiger partial charge >= 0.3 is 13.8 Å². The zero-order valence-electron chi connectivity index (χ0n) is 13.7. The molecule has 146 valence electrons. The van der Waals surface area contributed by atoms with Crippen LogP contribution in [0, 0.1) is 0 Å². The summed E-state index contributed by atoms with van der Waals surface area (Å²) in [5, 5.41) is 20.9. The van der Waals surface area contributed by atoms with E-state index in [0.29, 0.717) is 12.0 Å². The van der Waals surface area contributed by atoms with Gasteiger partial charge in [-0.15, -0.1) is 0 Å². The number of phosphoric ester groups is 1. The number of rotatable bonds is 10. The summed E-state index contributed by atoms with van der Waals surface area (Å²) in [5.74, 6) is -2.47. The van der Waals surface area contributed by atoms with E-state index in [4.69, 9.17) is 26.4 Å². The van der Waals surface area contributed by atoms with Gasteiger partial charge in [-0.05, 0) is 37.0 Å². The third-order valence-electron chi connectivity index (χ3n) is 3.34. The number of amides is 1. The van der Waals surface area contributed by atoms with Crippen LogP contribution in [0.2, 0.25) is 0 Å². The highest BCUT2D eigenvalue weighted by Gasteiger charge is 2.20. The molecule has 1 rings (SSSR count). The normalized spacial score (nSPS) is 13.7. The second-order valence-corrected chi connectivity index (χ2v) is 6.74. The summed E-state index contributed by atoms with van der Waals surface area (Å²) >= 11 is 0. The fourth-order valence-electron chi connectivity index (χ4n) is 2.03. The fourth-order valence-corrected chi connectivity index (χ4v) is 2.44. The first-order valence-corrected chi connectivity index (χ1v) is 9.11. The molecular weight excluding hydrogens is 369 g/mol. The van der Waals surface area contributed by atoms with Crippen LogP contribution in [0.25, 0.3) is 0 Å². The molecule has 11 nitrogen and oxygen atoms in total. The molecule has 0 aliphatic heterocycles. The van der Waals surface area contributed by atoms with Crippen molar-refractivity contribution in [2.75, 3.05) is 6.54 Å². The number of carboxylic acids is 1. The van der Waals surface area contributed by atoms with Gasteiger partial charge in [-0.1, -0.05) is 6.07 Å². The lowest BCUT2D eigenvalue weighted by Crippen LogP contribution is -2.42. The molecule has 2 atom stereocenters. The van der Waals surface area contributed by atoms with E-state index in [-0.39, 0.29) is 19.4 Å². The first kappa shape index (κ1) is 21.9. The largest absolute Gasteiger partial charge is 0.524 e. The number of hydrogen-bond donors (Lipinski definition) is 7. The maximum Gasteiger partial charge on any atom is 0.524 e. The molecule has 0 aliphatic rings. The van der Waals surface area contributed by atoms with Gasteiger partial charge in [-0.3, -0.25) is 19.4 Å². The maximum atomic E-state index is 11.9. The Bertz CT molecular complexity index is 693. The zero-order valence-corrected chi connectivity index (χ0v) is 14.6. The van der Waals surface area contributed by atoms with E-state index in [1.807, 2.05) is 0 Å². The predicted molar refractivity (Wildman–Crippen MR) is 90.3 cm³/mol. The Hall–Kier alpha value is -2.17. The quantitative estimate of drug-likeness (QED) is 0.192. The molecule has 1 amide bonds. The van der Waals surface area contributed by atoms with Gasteiger partial charge < -0.3 is 31.5 Å². The molecule has 0 aliphatic carbocycles. The van der Waals surface area contributed by atoms with Crippen molar-refractivity contribution in [1.82, 2.24) is 5.32 Å². The minimum atomic E-state index is -4.80. The van der Waals surface area contributed by atoms with Gasteiger partial charge in [-0.2, -0.15) is 0 Å². The number of aliphatic carboxylic acids is 1. The highest BCUT2D eigenvalue weighted by atomic mass is 31.2. The third kappa shape index (κ3) is 7.81. The van der Waals surface area contributed by atoms with Crippen molar-refractivity contribution in [1.29, 1.82) is 0 Å². The van der Waals surface area contributed by atoms with E-state index in [0.717, 1.165) is 6.07 Å². The average Bonchev–Trinajstić information content (AvgIpc) is 2.52. The number of nitrogens with one attached hydrogen (secondary N) is 1. The number of hydrogen-bond acceptors (Lipinski definition) is 7. The monoisotopic (exact) mass is 391 g/mol. The molecule has 26 heavy (non-hydrogen) atoms. The van der Waals surface area contributed by atoms with Crippen LogP contribution in [-0.4, -0.2) is 50.5 Å². The fraction of sp³-hybridized carbons (Fsp3) is 0.429. The molecule has 0 fully saturated rings. The lowest BCUT2D eigenvalue weighted by Gasteiger charge is -2.14. The standard InChI is InChI=1S/C14H22N3O8P/c15-9(14(20)21)2-1-5-17-13(19)10(16)6-8-3-4-12(11(18)7-8)25-26(22,23)24/h3-4,7,9-10,18H,1-2,5-6,15-16H2,(H,17,19)(H,20,21)(H2,22,23,24)/t9-,10-/m0/s1. The minimum Gasteiger partial charge on any atom is -0.504 e. The predicted octanol–water partition coefficient (Wildman–Crippen LogP) is -0.958. The van der Waals surface area contributed by atoms with E-state index in [2.05, 4.69) is 9.84 Å². The number of carboxylic acid groups (broad SMARTS) is 1. The molecule has 1 aromatic carbocycles. The van der Waals surface area contributed by atoms with E-state index in [1.54, 1.807) is 0 Å². The van der Waals surface area contributed by atoms with Gasteiger partial charge in [0.25, 0.3) is 0 Å². The lowest BCUT2D eigenvalue weighted by atomic mass is 10.1. The highest BCUT2D eigenvalue weighted by Crippen LogP contribution is 2.41. The van der Waals surface area contributed by atoms with Gasteiger partial charge in [0.05, 0.1) is 6.04 Å². The van der Waals surface area contributed by atoms with Crippen LogP contribution >= 0.6 is 7.82 Å². The Kier molecular flexibility index (Phi) is 8.00. The SMILES string of the molecule is N[C@@H](CCCNC(=O)[C@@H](N)Cc1ccc(OP(=O)(O)O)c(O)c1)C(=O)O. The van der Waals surface area contributed by atoms with E-state index < -0.39 is 43.3 Å². The summed E-state index contributed by atoms with van der Waals surface area (Å²) in [5.41, 5.74) is 11.6. The summed E-state index contributed by atoms with van der Waals surface area (Å²) in [7, 11) is -4.80. The minimum absolute atomic E-state index is 0.0597. The topological polar surface area (TPSA) is 205 Å². The Morgan fingerprint density at radius 1 is 1.23 bits per heavy atom. The molecule has 0 saturated heterocycles. The first-order valence-electron chi connectivity index (χ1n) is 7.58.